The predicted octanol–water partition coefficient (Wildman–Crippen LogP) is 7.86. The van der Waals surface area contributed by atoms with Crippen molar-refractivity contribution in [1.29, 1.82) is 0 Å². The first-order valence-electron chi connectivity index (χ1n) is 20.2. The van der Waals surface area contributed by atoms with Gasteiger partial charge in [-0.05, 0) is 64.2 Å². The van der Waals surface area contributed by atoms with Crippen molar-refractivity contribution in [3.05, 3.63) is 154 Å². The van der Waals surface area contributed by atoms with Gasteiger partial charge in [0.25, 0.3) is 5.56 Å². The Kier molecular flexibility index (Phi) is 12.4. The molecule has 0 aliphatic carbocycles. The number of aromatic nitrogens is 4. The fraction of sp³-hybridized carbons (Fsp3) is 0.362. The summed E-state index contributed by atoms with van der Waals surface area (Å²) in [6.45, 7) is 11.7. The van der Waals surface area contributed by atoms with Gasteiger partial charge >= 0.3 is 5.97 Å². The van der Waals surface area contributed by atoms with Gasteiger partial charge in [0.05, 0.1) is 53.4 Å². The predicted molar refractivity (Wildman–Crippen MR) is 232 cm³/mol. The van der Waals surface area contributed by atoms with E-state index in [1.165, 1.54) is 17.2 Å². The standard InChI is InChI=1S/C47H54N4O8Si/c1-46(2,3)60(6,7)29-38-39(28-58-47(33-16-12-9-13-17-33,34-18-22-36(55-4)23-19-34)35-20-24-37(56-5)25-21-35)59-44(41(38)52)51-31-48-40-42(51)49-30-50(43(40)53)26-27-57-45(54)32-14-10-8-11-15-32/h8-25,30-31,38-39,41,44,52H,26-29H2,1-7H3/t38-,39-,41-,44-/m1/s1. The Hall–Kier alpha value is -5.60. The quantitative estimate of drug-likeness (QED) is 0.0619. The number of imidazole rings is 1. The number of benzene rings is 4. The largest absolute Gasteiger partial charge is 0.497 e. The van der Waals surface area contributed by atoms with E-state index in [0.717, 1.165) is 34.2 Å². The third kappa shape index (κ3) is 8.40. The molecule has 4 aromatic carbocycles. The highest BCUT2D eigenvalue weighted by Crippen LogP contribution is 2.48. The molecule has 0 bridgehead atoms. The number of carbonyl (C=O) groups is 1. The van der Waals surface area contributed by atoms with Crippen LogP contribution >= 0.6 is 0 Å². The molecule has 314 valence electrons. The number of esters is 1. The van der Waals surface area contributed by atoms with E-state index in [0.29, 0.717) is 5.56 Å². The number of hydrogen-bond acceptors (Lipinski definition) is 10. The normalized spacial score (nSPS) is 18.4. The first-order chi connectivity index (χ1) is 28.8. The van der Waals surface area contributed by atoms with Crippen molar-refractivity contribution in [3.8, 4) is 11.5 Å². The van der Waals surface area contributed by atoms with Gasteiger partial charge in [0.1, 0.15) is 36.1 Å². The van der Waals surface area contributed by atoms with Crippen molar-refractivity contribution < 1.29 is 33.6 Å². The van der Waals surface area contributed by atoms with Crippen LogP contribution in [0.1, 0.15) is 54.0 Å². The number of methoxy groups -OCH3 is 2. The minimum atomic E-state index is -2.02. The maximum absolute atomic E-state index is 13.7. The lowest BCUT2D eigenvalue weighted by Crippen LogP contribution is -2.44. The summed E-state index contributed by atoms with van der Waals surface area (Å²) < 4.78 is 33.8. The molecule has 4 atom stereocenters. The molecule has 0 saturated carbocycles. The average Bonchev–Trinajstić information content (AvgIpc) is 3.82. The van der Waals surface area contributed by atoms with Crippen LogP contribution in [0.15, 0.2) is 127 Å². The van der Waals surface area contributed by atoms with E-state index < -0.39 is 43.6 Å². The second-order valence-electron chi connectivity index (χ2n) is 16.9. The molecule has 6 aromatic rings. The third-order valence-electron chi connectivity index (χ3n) is 12.3. The highest BCUT2D eigenvalue weighted by Gasteiger charge is 2.51. The Bertz CT molecular complexity index is 2380. The third-order valence-corrected chi connectivity index (χ3v) is 17.9. The molecule has 2 aromatic heterocycles. The number of fused-ring (bicyclic) bond motifs is 1. The van der Waals surface area contributed by atoms with Gasteiger partial charge in [-0.15, -0.1) is 0 Å². The molecule has 1 aliphatic heterocycles. The van der Waals surface area contributed by atoms with Gasteiger partial charge in [-0.2, -0.15) is 0 Å². The zero-order valence-corrected chi connectivity index (χ0v) is 36.3. The van der Waals surface area contributed by atoms with Crippen LogP contribution in [0, 0.1) is 5.92 Å². The lowest BCUT2D eigenvalue weighted by atomic mass is 9.80. The fourth-order valence-electron chi connectivity index (χ4n) is 7.80. The topological polar surface area (TPSA) is 136 Å². The fourth-order valence-corrected chi connectivity index (χ4v) is 10.1. The Labute approximate surface area is 351 Å². The Morgan fingerprint density at radius 3 is 1.93 bits per heavy atom. The number of rotatable bonds is 15. The summed E-state index contributed by atoms with van der Waals surface area (Å²) in [6.07, 6.45) is 0.478. The maximum Gasteiger partial charge on any atom is 0.338 e. The van der Waals surface area contributed by atoms with E-state index >= 15 is 0 Å². The van der Waals surface area contributed by atoms with Crippen molar-refractivity contribution in [2.75, 3.05) is 27.4 Å². The van der Waals surface area contributed by atoms with Crippen molar-refractivity contribution in [1.82, 2.24) is 19.1 Å². The molecule has 12 nitrogen and oxygen atoms in total. The van der Waals surface area contributed by atoms with Crippen LogP contribution in [0.25, 0.3) is 11.2 Å². The molecule has 3 heterocycles. The smallest absolute Gasteiger partial charge is 0.338 e. The van der Waals surface area contributed by atoms with E-state index in [4.69, 9.17) is 23.7 Å². The molecule has 0 spiro atoms. The van der Waals surface area contributed by atoms with Crippen molar-refractivity contribution in [2.24, 2.45) is 5.92 Å². The lowest BCUT2D eigenvalue weighted by molar-refractivity contribution is -0.0878. The van der Waals surface area contributed by atoms with Gasteiger partial charge < -0.3 is 28.8 Å². The zero-order chi connectivity index (χ0) is 42.7. The van der Waals surface area contributed by atoms with Crippen LogP contribution < -0.4 is 15.0 Å². The molecular formula is C47H54N4O8Si. The molecular weight excluding hydrogens is 777 g/mol. The lowest BCUT2D eigenvalue weighted by Gasteiger charge is -2.41. The number of ether oxygens (including phenoxy) is 5. The van der Waals surface area contributed by atoms with Gasteiger partial charge in [0.2, 0.25) is 0 Å². The molecule has 1 N–H and O–H groups in total. The Morgan fingerprint density at radius 1 is 0.800 bits per heavy atom. The highest BCUT2D eigenvalue weighted by atomic mass is 28.3. The SMILES string of the molecule is COc1ccc(C(OC[C@H]2O[C@@H](n3cnc4c(=O)n(CCOC(=O)c5ccccc5)cnc43)[C@H](O)[C@@H]2C[Si](C)(C)C(C)(C)C)(c2ccccc2)c2ccc(OC)cc2)cc1. The molecule has 1 fully saturated rings. The minimum Gasteiger partial charge on any atom is -0.497 e. The van der Waals surface area contributed by atoms with Gasteiger partial charge in [-0.1, -0.05) is 107 Å². The van der Waals surface area contributed by atoms with E-state index in [2.05, 4.69) is 56.0 Å². The number of aliphatic hydroxyl groups is 1. The van der Waals surface area contributed by atoms with Crippen LogP contribution in [-0.4, -0.2) is 77.9 Å². The number of aliphatic hydroxyl groups excluding tert-OH is 1. The highest BCUT2D eigenvalue weighted by molar-refractivity contribution is 6.80. The summed E-state index contributed by atoms with van der Waals surface area (Å²) in [7, 11) is 1.26. The molecule has 0 amide bonds. The number of hydrogen-bond donors (Lipinski definition) is 1. The van der Waals surface area contributed by atoms with Gasteiger partial charge in [-0.25, -0.2) is 14.8 Å². The molecule has 60 heavy (non-hydrogen) atoms. The van der Waals surface area contributed by atoms with E-state index in [-0.39, 0.29) is 41.9 Å². The van der Waals surface area contributed by atoms with E-state index in [9.17, 15) is 14.7 Å². The summed E-state index contributed by atoms with van der Waals surface area (Å²) in [6, 6.07) is 35.3. The summed E-state index contributed by atoms with van der Waals surface area (Å²) in [5.41, 5.74) is 2.00. The number of nitrogens with zero attached hydrogens (tertiary/aromatic N) is 4. The molecule has 7 rings (SSSR count). The van der Waals surface area contributed by atoms with Crippen LogP contribution in [0.3, 0.4) is 0 Å². The molecule has 0 radical (unpaired) electrons. The molecule has 1 aliphatic rings. The second kappa shape index (κ2) is 17.5. The first kappa shape index (κ1) is 42.5. The summed E-state index contributed by atoms with van der Waals surface area (Å²) in [4.78, 5) is 35.3. The second-order valence-corrected chi connectivity index (χ2v) is 22.6. The van der Waals surface area contributed by atoms with Crippen molar-refractivity contribution in [2.45, 2.75) is 75.5 Å². The maximum atomic E-state index is 13.7. The van der Waals surface area contributed by atoms with E-state index in [1.807, 2.05) is 72.8 Å². The van der Waals surface area contributed by atoms with Crippen molar-refractivity contribution >= 4 is 25.2 Å². The van der Waals surface area contributed by atoms with Crippen LogP contribution in [0.2, 0.25) is 24.2 Å². The Balaban J connectivity index is 1.23. The zero-order valence-electron chi connectivity index (χ0n) is 35.3. The van der Waals surface area contributed by atoms with E-state index in [1.54, 1.807) is 43.1 Å². The summed E-state index contributed by atoms with van der Waals surface area (Å²) in [5.74, 6) is 0.631. The molecule has 1 saturated heterocycles. The minimum absolute atomic E-state index is 0.0275. The summed E-state index contributed by atoms with van der Waals surface area (Å²) >= 11 is 0. The molecule has 13 heteroatoms. The Morgan fingerprint density at radius 2 is 1.37 bits per heavy atom. The van der Waals surface area contributed by atoms with Gasteiger partial charge in [-0.3, -0.25) is 13.9 Å². The monoisotopic (exact) mass is 830 g/mol. The van der Waals surface area contributed by atoms with Crippen LogP contribution in [0.4, 0.5) is 0 Å². The van der Waals surface area contributed by atoms with Gasteiger partial charge in [0, 0.05) is 5.92 Å². The summed E-state index contributed by atoms with van der Waals surface area (Å²) in [5, 5.41) is 12.4. The first-order valence-corrected chi connectivity index (χ1v) is 23.4. The average molecular weight is 831 g/mol. The molecule has 0 unspecified atom stereocenters. The van der Waals surface area contributed by atoms with Crippen LogP contribution in [-0.2, 0) is 26.4 Å². The van der Waals surface area contributed by atoms with Crippen molar-refractivity contribution in [3.63, 3.8) is 0 Å². The van der Waals surface area contributed by atoms with Gasteiger partial charge in [0.15, 0.2) is 17.4 Å². The van der Waals surface area contributed by atoms with Crippen LogP contribution in [0.5, 0.6) is 11.5 Å². The number of carbonyl (C=O) groups excluding carboxylic acids is 1.